The summed E-state index contributed by atoms with van der Waals surface area (Å²) in [5, 5.41) is 3.23. The summed E-state index contributed by atoms with van der Waals surface area (Å²) in [5.41, 5.74) is 0. The zero-order chi connectivity index (χ0) is 13.8. The standard InChI is InChI=1S/C13H24N4O2/c1-15(2)13(19)11-9-14-5-8-17(11)10-12(18)16-6-3-4-7-16/h11,14H,3-10H2,1-2H3. The van der Waals surface area contributed by atoms with Gasteiger partial charge in [0.2, 0.25) is 11.8 Å². The Hall–Kier alpha value is -1.14. The highest BCUT2D eigenvalue weighted by Gasteiger charge is 2.32. The van der Waals surface area contributed by atoms with Crippen LogP contribution in [0.4, 0.5) is 0 Å². The van der Waals surface area contributed by atoms with Crippen molar-refractivity contribution in [3.63, 3.8) is 0 Å². The van der Waals surface area contributed by atoms with Gasteiger partial charge in [-0.3, -0.25) is 14.5 Å². The number of likely N-dealkylation sites (tertiary alicyclic amines) is 1. The number of hydrogen-bond acceptors (Lipinski definition) is 4. The Labute approximate surface area is 114 Å². The molecule has 0 radical (unpaired) electrons. The van der Waals surface area contributed by atoms with Crippen molar-refractivity contribution in [1.82, 2.24) is 20.0 Å². The van der Waals surface area contributed by atoms with Gasteiger partial charge in [0.1, 0.15) is 6.04 Å². The first-order valence-corrected chi connectivity index (χ1v) is 7.03. The SMILES string of the molecule is CN(C)C(=O)C1CNCCN1CC(=O)N1CCCC1. The second-order valence-corrected chi connectivity index (χ2v) is 5.51. The van der Waals surface area contributed by atoms with Crippen LogP contribution in [0.5, 0.6) is 0 Å². The number of carbonyl (C=O) groups is 2. The molecule has 2 heterocycles. The fourth-order valence-corrected chi connectivity index (χ4v) is 2.72. The van der Waals surface area contributed by atoms with E-state index in [2.05, 4.69) is 5.32 Å². The lowest BCUT2D eigenvalue weighted by Crippen LogP contribution is -2.59. The third-order valence-electron chi connectivity index (χ3n) is 3.88. The zero-order valence-electron chi connectivity index (χ0n) is 11.9. The summed E-state index contributed by atoms with van der Waals surface area (Å²) in [6.07, 6.45) is 2.21. The van der Waals surface area contributed by atoms with Crippen molar-refractivity contribution in [2.24, 2.45) is 0 Å². The molecule has 6 nitrogen and oxygen atoms in total. The molecule has 108 valence electrons. The zero-order valence-corrected chi connectivity index (χ0v) is 11.9. The van der Waals surface area contributed by atoms with Crippen LogP contribution in [0.3, 0.4) is 0 Å². The van der Waals surface area contributed by atoms with E-state index in [1.54, 1.807) is 19.0 Å². The average molecular weight is 268 g/mol. The van der Waals surface area contributed by atoms with E-state index in [1.165, 1.54) is 0 Å². The van der Waals surface area contributed by atoms with Crippen LogP contribution in [-0.2, 0) is 9.59 Å². The van der Waals surface area contributed by atoms with E-state index in [0.717, 1.165) is 39.0 Å². The molecule has 2 fully saturated rings. The minimum atomic E-state index is -0.213. The van der Waals surface area contributed by atoms with E-state index < -0.39 is 0 Å². The van der Waals surface area contributed by atoms with E-state index in [9.17, 15) is 9.59 Å². The van der Waals surface area contributed by atoms with Crippen LogP contribution >= 0.6 is 0 Å². The first-order valence-electron chi connectivity index (χ1n) is 7.03. The molecule has 1 atom stereocenters. The molecule has 0 aromatic carbocycles. The molecule has 2 aliphatic rings. The van der Waals surface area contributed by atoms with E-state index in [1.807, 2.05) is 9.80 Å². The van der Waals surface area contributed by atoms with Crippen molar-refractivity contribution in [1.29, 1.82) is 0 Å². The van der Waals surface area contributed by atoms with Crippen LogP contribution in [0.15, 0.2) is 0 Å². The van der Waals surface area contributed by atoms with Gasteiger partial charge >= 0.3 is 0 Å². The molecule has 6 heteroatoms. The van der Waals surface area contributed by atoms with Crippen molar-refractivity contribution >= 4 is 11.8 Å². The maximum atomic E-state index is 12.2. The lowest BCUT2D eigenvalue weighted by molar-refractivity contribution is -0.138. The molecule has 0 aromatic heterocycles. The molecule has 2 saturated heterocycles. The monoisotopic (exact) mass is 268 g/mol. The molecular formula is C13H24N4O2. The first-order chi connectivity index (χ1) is 9.09. The van der Waals surface area contributed by atoms with Crippen LogP contribution in [0.2, 0.25) is 0 Å². The van der Waals surface area contributed by atoms with Gasteiger partial charge in [-0.1, -0.05) is 0 Å². The predicted octanol–water partition coefficient (Wildman–Crippen LogP) is -1.03. The molecule has 19 heavy (non-hydrogen) atoms. The van der Waals surface area contributed by atoms with Crippen molar-refractivity contribution < 1.29 is 9.59 Å². The smallest absolute Gasteiger partial charge is 0.240 e. The highest BCUT2D eigenvalue weighted by atomic mass is 16.2. The number of amides is 2. The second kappa shape index (κ2) is 6.34. The number of likely N-dealkylation sites (N-methyl/N-ethyl adjacent to an activating group) is 1. The average Bonchev–Trinajstić information content (AvgIpc) is 2.92. The largest absolute Gasteiger partial charge is 0.347 e. The maximum absolute atomic E-state index is 12.2. The Morgan fingerprint density at radius 3 is 2.53 bits per heavy atom. The highest BCUT2D eigenvalue weighted by Crippen LogP contribution is 2.11. The van der Waals surface area contributed by atoms with E-state index in [-0.39, 0.29) is 17.9 Å². The number of carbonyl (C=O) groups excluding carboxylic acids is 2. The number of piperazine rings is 1. The molecule has 2 amide bonds. The number of rotatable bonds is 3. The fourth-order valence-electron chi connectivity index (χ4n) is 2.72. The number of nitrogens with one attached hydrogen (secondary N) is 1. The highest BCUT2D eigenvalue weighted by molar-refractivity contribution is 5.84. The van der Waals surface area contributed by atoms with Gasteiger partial charge in [-0.15, -0.1) is 0 Å². The predicted molar refractivity (Wildman–Crippen MR) is 72.7 cm³/mol. The summed E-state index contributed by atoms with van der Waals surface area (Å²) in [7, 11) is 3.52. The van der Waals surface area contributed by atoms with Crippen molar-refractivity contribution in [2.45, 2.75) is 18.9 Å². The molecular weight excluding hydrogens is 244 g/mol. The Balaban J connectivity index is 1.95. The molecule has 2 rings (SSSR count). The van der Waals surface area contributed by atoms with E-state index in [4.69, 9.17) is 0 Å². The maximum Gasteiger partial charge on any atom is 0.240 e. The summed E-state index contributed by atoms with van der Waals surface area (Å²) in [6.45, 7) is 4.33. The van der Waals surface area contributed by atoms with Gasteiger partial charge in [0.05, 0.1) is 6.54 Å². The number of nitrogens with zero attached hydrogens (tertiary/aromatic N) is 3. The summed E-state index contributed by atoms with van der Waals surface area (Å²) in [6, 6.07) is -0.213. The lowest BCUT2D eigenvalue weighted by Gasteiger charge is -2.36. The van der Waals surface area contributed by atoms with Crippen LogP contribution in [0, 0.1) is 0 Å². The molecule has 2 aliphatic heterocycles. The van der Waals surface area contributed by atoms with E-state index >= 15 is 0 Å². The Morgan fingerprint density at radius 1 is 1.21 bits per heavy atom. The van der Waals surface area contributed by atoms with Crippen LogP contribution in [0.1, 0.15) is 12.8 Å². The van der Waals surface area contributed by atoms with Gasteiger partial charge in [0.25, 0.3) is 0 Å². The van der Waals surface area contributed by atoms with Crippen LogP contribution < -0.4 is 5.32 Å². The second-order valence-electron chi connectivity index (χ2n) is 5.51. The lowest BCUT2D eigenvalue weighted by atomic mass is 10.1. The van der Waals surface area contributed by atoms with Crippen molar-refractivity contribution in [3.05, 3.63) is 0 Å². The quantitative estimate of drug-likeness (QED) is 0.711. The fraction of sp³-hybridized carbons (Fsp3) is 0.846. The summed E-state index contributed by atoms with van der Waals surface area (Å²) < 4.78 is 0. The van der Waals surface area contributed by atoms with Gasteiger partial charge < -0.3 is 15.1 Å². The molecule has 0 spiro atoms. The normalized spacial score (nSPS) is 24.5. The summed E-state index contributed by atoms with van der Waals surface area (Å²) in [4.78, 5) is 29.9. The Morgan fingerprint density at radius 2 is 1.89 bits per heavy atom. The van der Waals surface area contributed by atoms with Gasteiger partial charge in [-0.05, 0) is 12.8 Å². The minimum absolute atomic E-state index is 0.0708. The number of hydrogen-bond donors (Lipinski definition) is 1. The molecule has 0 aliphatic carbocycles. The molecule has 0 aromatic rings. The summed E-state index contributed by atoms with van der Waals surface area (Å²) >= 11 is 0. The van der Waals surface area contributed by atoms with Crippen LogP contribution in [-0.4, -0.2) is 85.9 Å². The van der Waals surface area contributed by atoms with Gasteiger partial charge in [0.15, 0.2) is 0 Å². The van der Waals surface area contributed by atoms with Gasteiger partial charge in [0, 0.05) is 46.8 Å². The Bertz CT molecular complexity index is 340. The van der Waals surface area contributed by atoms with Gasteiger partial charge in [-0.2, -0.15) is 0 Å². The third kappa shape index (κ3) is 3.45. The Kier molecular flexibility index (Phi) is 4.76. The van der Waals surface area contributed by atoms with Crippen molar-refractivity contribution in [2.75, 3.05) is 53.4 Å². The first kappa shape index (κ1) is 14.3. The minimum Gasteiger partial charge on any atom is -0.347 e. The van der Waals surface area contributed by atoms with Gasteiger partial charge in [-0.25, -0.2) is 0 Å². The van der Waals surface area contributed by atoms with Crippen molar-refractivity contribution in [3.8, 4) is 0 Å². The summed E-state index contributed by atoms with van der Waals surface area (Å²) in [5.74, 6) is 0.234. The van der Waals surface area contributed by atoms with E-state index in [0.29, 0.717) is 13.1 Å². The molecule has 0 saturated carbocycles. The third-order valence-corrected chi connectivity index (χ3v) is 3.88. The molecule has 0 bridgehead atoms. The molecule has 1 unspecified atom stereocenters. The van der Waals surface area contributed by atoms with Crippen LogP contribution in [0.25, 0.3) is 0 Å². The molecule has 1 N–H and O–H groups in total. The topological polar surface area (TPSA) is 55.9 Å².